The van der Waals surface area contributed by atoms with Crippen LogP contribution >= 0.6 is 0 Å². The van der Waals surface area contributed by atoms with Crippen LogP contribution in [-0.4, -0.2) is 34.5 Å². The van der Waals surface area contributed by atoms with E-state index in [-0.39, 0.29) is 24.4 Å². The Morgan fingerprint density at radius 2 is 1.81 bits per heavy atom. The predicted octanol–water partition coefficient (Wildman–Crippen LogP) is 2.61. The van der Waals surface area contributed by atoms with Crippen molar-refractivity contribution in [3.8, 4) is 11.4 Å². The third-order valence-corrected chi connectivity index (χ3v) is 4.56. The zero-order valence-corrected chi connectivity index (χ0v) is 15.0. The van der Waals surface area contributed by atoms with E-state index in [4.69, 9.17) is 4.52 Å². The van der Waals surface area contributed by atoms with Crippen LogP contribution in [0.4, 0.5) is 0 Å². The zero-order valence-electron chi connectivity index (χ0n) is 15.0. The number of aryl methyl sites for hydroxylation is 1. The lowest BCUT2D eigenvalue weighted by molar-refractivity contribution is -0.120. The summed E-state index contributed by atoms with van der Waals surface area (Å²) in [6.07, 6.45) is 6.84. The molecule has 1 aliphatic carbocycles. The first-order chi connectivity index (χ1) is 12.6. The van der Waals surface area contributed by atoms with E-state index in [2.05, 4.69) is 20.8 Å². The first-order valence-corrected chi connectivity index (χ1v) is 9.10. The average molecular weight is 356 g/mol. The van der Waals surface area contributed by atoms with E-state index in [0.717, 1.165) is 31.2 Å². The van der Waals surface area contributed by atoms with E-state index >= 15 is 0 Å². The maximum atomic E-state index is 12.2. The smallest absolute Gasteiger partial charge is 0.251 e. The van der Waals surface area contributed by atoms with Gasteiger partial charge in [0.25, 0.3) is 5.91 Å². The minimum atomic E-state index is -0.281. The lowest BCUT2D eigenvalue weighted by atomic mass is 10.1. The van der Waals surface area contributed by atoms with Crippen molar-refractivity contribution in [2.45, 2.75) is 51.5 Å². The molecule has 0 bridgehead atoms. The van der Waals surface area contributed by atoms with Crippen LogP contribution in [0.15, 0.2) is 28.8 Å². The minimum absolute atomic E-state index is 0.0128. The highest BCUT2D eigenvalue weighted by molar-refractivity contribution is 5.96. The third-order valence-electron chi connectivity index (χ3n) is 4.56. The Hall–Kier alpha value is -2.70. The van der Waals surface area contributed by atoms with Gasteiger partial charge >= 0.3 is 0 Å². The highest BCUT2D eigenvalue weighted by Crippen LogP contribution is 2.17. The number of nitrogens with one attached hydrogen (secondary N) is 2. The zero-order chi connectivity index (χ0) is 18.4. The number of aromatic nitrogens is 2. The largest absolute Gasteiger partial charge is 0.352 e. The summed E-state index contributed by atoms with van der Waals surface area (Å²) in [5.41, 5.74) is 1.25. The van der Waals surface area contributed by atoms with E-state index in [9.17, 15) is 9.59 Å². The van der Waals surface area contributed by atoms with Crippen molar-refractivity contribution >= 4 is 11.8 Å². The number of carbonyl (C=O) groups excluding carboxylic acids is 2. The van der Waals surface area contributed by atoms with Gasteiger partial charge < -0.3 is 15.2 Å². The summed E-state index contributed by atoms with van der Waals surface area (Å²) in [6.45, 7) is 1.71. The Morgan fingerprint density at radius 1 is 1.12 bits per heavy atom. The molecule has 26 heavy (non-hydrogen) atoms. The maximum Gasteiger partial charge on any atom is 0.251 e. The van der Waals surface area contributed by atoms with Crippen molar-refractivity contribution in [2.24, 2.45) is 0 Å². The number of hydrogen-bond acceptors (Lipinski definition) is 5. The van der Waals surface area contributed by atoms with Gasteiger partial charge in [-0.3, -0.25) is 9.59 Å². The average Bonchev–Trinajstić information content (AvgIpc) is 2.92. The van der Waals surface area contributed by atoms with E-state index in [1.165, 1.54) is 12.8 Å². The van der Waals surface area contributed by atoms with Gasteiger partial charge in [0, 0.05) is 24.1 Å². The molecule has 0 aliphatic heterocycles. The second kappa shape index (κ2) is 8.60. The number of hydrogen-bond donors (Lipinski definition) is 2. The molecule has 0 unspecified atom stereocenters. The second-order valence-corrected chi connectivity index (χ2v) is 6.65. The topological polar surface area (TPSA) is 97.1 Å². The number of amides is 2. The molecule has 1 saturated carbocycles. The molecule has 1 aliphatic rings. The molecule has 0 radical (unpaired) electrons. The number of rotatable bonds is 5. The Labute approximate surface area is 152 Å². The van der Waals surface area contributed by atoms with Crippen LogP contribution in [0.3, 0.4) is 0 Å². The SMILES string of the molecule is Cc1nc(-c2ccc(C(=O)NCC(=O)NC3CCCCCC3)cc2)no1. The van der Waals surface area contributed by atoms with Crippen LogP contribution in [0, 0.1) is 6.92 Å². The van der Waals surface area contributed by atoms with Crippen LogP contribution in [-0.2, 0) is 4.79 Å². The van der Waals surface area contributed by atoms with Crippen molar-refractivity contribution in [3.63, 3.8) is 0 Å². The third kappa shape index (κ3) is 4.91. The molecule has 2 amide bonds. The highest BCUT2D eigenvalue weighted by atomic mass is 16.5. The van der Waals surface area contributed by atoms with Gasteiger partial charge in [0.2, 0.25) is 17.6 Å². The molecular weight excluding hydrogens is 332 g/mol. The van der Waals surface area contributed by atoms with Crippen LogP contribution in [0.2, 0.25) is 0 Å². The first kappa shape index (κ1) is 18.1. The molecule has 3 rings (SSSR count). The molecule has 138 valence electrons. The summed E-state index contributed by atoms with van der Waals surface area (Å²) in [6, 6.07) is 7.11. The van der Waals surface area contributed by atoms with Crippen molar-refractivity contribution < 1.29 is 14.1 Å². The fourth-order valence-corrected chi connectivity index (χ4v) is 3.15. The molecule has 0 spiro atoms. The van der Waals surface area contributed by atoms with E-state index in [1.54, 1.807) is 31.2 Å². The van der Waals surface area contributed by atoms with Crippen molar-refractivity contribution in [3.05, 3.63) is 35.7 Å². The monoisotopic (exact) mass is 356 g/mol. The van der Waals surface area contributed by atoms with E-state index in [0.29, 0.717) is 17.3 Å². The van der Waals surface area contributed by atoms with Crippen molar-refractivity contribution in [1.29, 1.82) is 0 Å². The second-order valence-electron chi connectivity index (χ2n) is 6.65. The number of carbonyl (C=O) groups is 2. The van der Waals surface area contributed by atoms with Crippen LogP contribution in [0.25, 0.3) is 11.4 Å². The van der Waals surface area contributed by atoms with Gasteiger partial charge in [0.05, 0.1) is 6.54 Å². The van der Waals surface area contributed by atoms with Gasteiger partial charge in [0.1, 0.15) is 0 Å². The molecule has 7 nitrogen and oxygen atoms in total. The van der Waals surface area contributed by atoms with E-state index in [1.807, 2.05) is 0 Å². The van der Waals surface area contributed by atoms with Crippen molar-refractivity contribution in [2.75, 3.05) is 6.54 Å². The Balaban J connectivity index is 1.49. The fourth-order valence-electron chi connectivity index (χ4n) is 3.15. The predicted molar refractivity (Wildman–Crippen MR) is 96.4 cm³/mol. The molecular formula is C19H24N4O3. The molecule has 1 aromatic carbocycles. The summed E-state index contributed by atoms with van der Waals surface area (Å²) in [7, 11) is 0. The maximum absolute atomic E-state index is 12.2. The number of nitrogens with zero attached hydrogens (tertiary/aromatic N) is 2. The molecule has 1 heterocycles. The molecule has 0 atom stereocenters. The van der Waals surface area contributed by atoms with Gasteiger partial charge in [-0.05, 0) is 25.0 Å². The van der Waals surface area contributed by atoms with Crippen molar-refractivity contribution in [1.82, 2.24) is 20.8 Å². The summed E-state index contributed by atoms with van der Waals surface area (Å²) in [5, 5.41) is 9.53. The van der Waals surface area contributed by atoms with Crippen LogP contribution < -0.4 is 10.6 Å². The Morgan fingerprint density at radius 3 is 2.42 bits per heavy atom. The minimum Gasteiger partial charge on any atom is -0.352 e. The highest BCUT2D eigenvalue weighted by Gasteiger charge is 2.15. The van der Waals surface area contributed by atoms with Gasteiger partial charge in [-0.15, -0.1) is 0 Å². The normalized spacial score (nSPS) is 15.3. The molecule has 2 aromatic rings. The number of benzene rings is 1. The summed E-state index contributed by atoms with van der Waals surface area (Å²) in [5.74, 6) is 0.555. The van der Waals surface area contributed by atoms with Gasteiger partial charge in [-0.1, -0.05) is 43.0 Å². The summed E-state index contributed by atoms with van der Waals surface area (Å²) < 4.78 is 4.95. The van der Waals surface area contributed by atoms with Gasteiger partial charge in [0.15, 0.2) is 0 Å². The lowest BCUT2D eigenvalue weighted by Gasteiger charge is -2.16. The van der Waals surface area contributed by atoms with Crippen LogP contribution in [0.5, 0.6) is 0 Å². The lowest BCUT2D eigenvalue weighted by Crippen LogP contribution is -2.41. The summed E-state index contributed by atoms with van der Waals surface area (Å²) in [4.78, 5) is 28.4. The fraction of sp³-hybridized carbons (Fsp3) is 0.474. The Kier molecular flexibility index (Phi) is 5.99. The molecule has 1 fully saturated rings. The molecule has 0 saturated heterocycles. The van der Waals surface area contributed by atoms with E-state index < -0.39 is 0 Å². The molecule has 2 N–H and O–H groups in total. The van der Waals surface area contributed by atoms with Gasteiger partial charge in [-0.25, -0.2) is 0 Å². The summed E-state index contributed by atoms with van der Waals surface area (Å²) >= 11 is 0. The quantitative estimate of drug-likeness (QED) is 0.803. The van der Waals surface area contributed by atoms with Crippen LogP contribution in [0.1, 0.15) is 54.8 Å². The standard InChI is InChI=1S/C19H24N4O3/c1-13-21-18(23-26-13)14-8-10-15(11-9-14)19(25)20-12-17(24)22-16-6-4-2-3-5-7-16/h8-11,16H,2-7,12H2,1H3,(H,20,25)(H,22,24). The first-order valence-electron chi connectivity index (χ1n) is 9.10. The van der Waals surface area contributed by atoms with Gasteiger partial charge in [-0.2, -0.15) is 4.98 Å². The molecule has 7 heteroatoms. The molecule has 1 aromatic heterocycles. The Bertz CT molecular complexity index is 746.